The lowest BCUT2D eigenvalue weighted by atomic mass is 10.2. The number of ketones is 1. The zero-order valence-corrected chi connectivity index (χ0v) is 14.2. The van der Waals surface area contributed by atoms with E-state index in [0.29, 0.717) is 9.21 Å². The van der Waals surface area contributed by atoms with Crippen molar-refractivity contribution in [2.24, 2.45) is 0 Å². The first-order chi connectivity index (χ1) is 12.0. The van der Waals surface area contributed by atoms with Crippen LogP contribution in [0.3, 0.4) is 0 Å². The standard InChI is InChI=1S/C16H11ClN2O5S/c17-13-6-5-12(25-13)11(20)8-24-14(21)7-19-16(23)10-4-2-1-3-9(10)15(22)18-19/h1-6H,7-8H2,(H,18,22). The van der Waals surface area contributed by atoms with Gasteiger partial charge in [0.15, 0.2) is 6.61 Å². The summed E-state index contributed by atoms with van der Waals surface area (Å²) in [6, 6.07) is 9.38. The quantitative estimate of drug-likeness (QED) is 0.539. The smallest absolute Gasteiger partial charge is 0.328 e. The Kier molecular flexibility index (Phi) is 4.82. The highest BCUT2D eigenvalue weighted by Crippen LogP contribution is 2.21. The molecule has 0 radical (unpaired) electrons. The summed E-state index contributed by atoms with van der Waals surface area (Å²) in [5.41, 5.74) is -1.02. The summed E-state index contributed by atoms with van der Waals surface area (Å²) in [5.74, 6) is -1.21. The van der Waals surface area contributed by atoms with Gasteiger partial charge in [0.2, 0.25) is 5.78 Å². The van der Waals surface area contributed by atoms with Crippen LogP contribution in [-0.4, -0.2) is 28.1 Å². The Hall–Kier alpha value is -2.71. The maximum atomic E-state index is 12.3. The first-order valence-corrected chi connectivity index (χ1v) is 8.31. The van der Waals surface area contributed by atoms with Gasteiger partial charge in [0.05, 0.1) is 20.0 Å². The van der Waals surface area contributed by atoms with Gasteiger partial charge in [-0.2, -0.15) is 0 Å². The van der Waals surface area contributed by atoms with Gasteiger partial charge in [0, 0.05) is 0 Å². The molecule has 2 aromatic heterocycles. The number of nitrogens with one attached hydrogen (secondary N) is 1. The Morgan fingerprint density at radius 3 is 2.52 bits per heavy atom. The molecule has 2 heterocycles. The first-order valence-electron chi connectivity index (χ1n) is 7.12. The SMILES string of the molecule is O=C(Cn1[nH]c(=O)c2ccccc2c1=O)OCC(=O)c1ccc(Cl)s1. The Morgan fingerprint density at radius 2 is 1.84 bits per heavy atom. The average molecular weight is 379 g/mol. The Morgan fingerprint density at radius 1 is 1.12 bits per heavy atom. The Balaban J connectivity index is 1.72. The number of aromatic nitrogens is 2. The van der Waals surface area contributed by atoms with E-state index in [4.69, 9.17) is 16.3 Å². The molecule has 128 valence electrons. The fourth-order valence-electron chi connectivity index (χ4n) is 2.21. The summed E-state index contributed by atoms with van der Waals surface area (Å²) in [7, 11) is 0. The van der Waals surface area contributed by atoms with Gasteiger partial charge in [0.1, 0.15) is 6.54 Å². The van der Waals surface area contributed by atoms with E-state index in [-0.39, 0.29) is 10.8 Å². The molecule has 0 fully saturated rings. The van der Waals surface area contributed by atoms with Crippen molar-refractivity contribution in [3.63, 3.8) is 0 Å². The number of Topliss-reactive ketones (excluding diaryl/α,β-unsaturated/α-hetero) is 1. The van der Waals surface area contributed by atoms with E-state index < -0.39 is 36.0 Å². The number of rotatable bonds is 5. The molecule has 0 spiro atoms. The second-order valence-corrected chi connectivity index (χ2v) is 6.78. The van der Waals surface area contributed by atoms with Crippen LogP contribution in [0.25, 0.3) is 10.8 Å². The van der Waals surface area contributed by atoms with Gasteiger partial charge in [-0.1, -0.05) is 23.7 Å². The van der Waals surface area contributed by atoms with Crippen molar-refractivity contribution in [3.05, 3.63) is 66.3 Å². The molecule has 0 aliphatic heterocycles. The maximum Gasteiger partial charge on any atom is 0.328 e. The summed E-state index contributed by atoms with van der Waals surface area (Å²) in [6.07, 6.45) is 0. The first kappa shape index (κ1) is 17.1. The highest BCUT2D eigenvalue weighted by molar-refractivity contribution is 7.18. The molecule has 1 N–H and O–H groups in total. The van der Waals surface area contributed by atoms with Crippen LogP contribution in [0.15, 0.2) is 46.0 Å². The number of thiophene rings is 1. The number of benzene rings is 1. The van der Waals surface area contributed by atoms with E-state index in [9.17, 15) is 19.2 Å². The van der Waals surface area contributed by atoms with Gasteiger partial charge in [-0.05, 0) is 24.3 Å². The minimum absolute atomic E-state index is 0.198. The van der Waals surface area contributed by atoms with Crippen molar-refractivity contribution < 1.29 is 14.3 Å². The summed E-state index contributed by atoms with van der Waals surface area (Å²) >= 11 is 6.82. The molecule has 7 nitrogen and oxygen atoms in total. The predicted molar refractivity (Wildman–Crippen MR) is 93.4 cm³/mol. The molecule has 9 heteroatoms. The third-order valence-corrected chi connectivity index (χ3v) is 4.66. The molecule has 0 bridgehead atoms. The molecular formula is C16H11ClN2O5S. The summed E-state index contributed by atoms with van der Waals surface area (Å²) in [4.78, 5) is 48.3. The second kappa shape index (κ2) is 7.04. The lowest BCUT2D eigenvalue weighted by Gasteiger charge is -2.07. The number of hydrogen-bond donors (Lipinski definition) is 1. The number of hydrogen-bond acceptors (Lipinski definition) is 6. The lowest BCUT2D eigenvalue weighted by molar-refractivity contribution is -0.143. The van der Waals surface area contributed by atoms with Crippen LogP contribution < -0.4 is 11.1 Å². The number of ether oxygens (including phenoxy) is 1. The molecule has 0 atom stereocenters. The van der Waals surface area contributed by atoms with E-state index in [1.807, 2.05) is 0 Å². The third-order valence-electron chi connectivity index (χ3n) is 3.38. The number of fused-ring (bicyclic) bond motifs is 1. The van der Waals surface area contributed by atoms with Crippen molar-refractivity contribution in [2.75, 3.05) is 6.61 Å². The fraction of sp³-hybridized carbons (Fsp3) is 0.125. The summed E-state index contributed by atoms with van der Waals surface area (Å²) in [5, 5.41) is 2.75. The van der Waals surface area contributed by atoms with Crippen molar-refractivity contribution >= 4 is 45.5 Å². The molecule has 0 aliphatic rings. The highest BCUT2D eigenvalue weighted by atomic mass is 35.5. The third kappa shape index (κ3) is 3.70. The van der Waals surface area contributed by atoms with Gasteiger partial charge in [-0.15, -0.1) is 11.3 Å². The average Bonchev–Trinajstić information content (AvgIpc) is 3.04. The zero-order valence-electron chi connectivity index (χ0n) is 12.7. The monoisotopic (exact) mass is 378 g/mol. The maximum absolute atomic E-state index is 12.3. The topological polar surface area (TPSA) is 98.2 Å². The van der Waals surface area contributed by atoms with Crippen LogP contribution >= 0.6 is 22.9 Å². The van der Waals surface area contributed by atoms with Crippen LogP contribution in [0.5, 0.6) is 0 Å². The summed E-state index contributed by atoms with van der Waals surface area (Å²) < 4.78 is 6.19. The van der Waals surface area contributed by atoms with Crippen LogP contribution in [0.1, 0.15) is 9.67 Å². The second-order valence-electron chi connectivity index (χ2n) is 5.07. The molecule has 3 aromatic rings. The molecule has 0 saturated carbocycles. The normalized spacial score (nSPS) is 10.8. The molecule has 1 aromatic carbocycles. The number of H-pyrrole nitrogens is 1. The van der Waals surface area contributed by atoms with Gasteiger partial charge >= 0.3 is 5.97 Å². The highest BCUT2D eigenvalue weighted by Gasteiger charge is 2.14. The van der Waals surface area contributed by atoms with Gasteiger partial charge in [-0.25, -0.2) is 4.68 Å². The van der Waals surface area contributed by atoms with Crippen molar-refractivity contribution in [1.82, 2.24) is 9.78 Å². The van der Waals surface area contributed by atoms with Crippen LogP contribution in [0, 0.1) is 0 Å². The van der Waals surface area contributed by atoms with E-state index in [1.54, 1.807) is 18.2 Å². The fourth-order valence-corrected chi connectivity index (χ4v) is 3.18. The van der Waals surface area contributed by atoms with Crippen LogP contribution in [0.4, 0.5) is 0 Å². The van der Waals surface area contributed by atoms with Crippen LogP contribution in [-0.2, 0) is 16.1 Å². The summed E-state index contributed by atoms with van der Waals surface area (Å²) in [6.45, 7) is -0.973. The molecule has 0 unspecified atom stereocenters. The number of aromatic amines is 1. The van der Waals surface area contributed by atoms with E-state index >= 15 is 0 Å². The molecular weight excluding hydrogens is 368 g/mol. The molecule has 0 aliphatic carbocycles. The van der Waals surface area contributed by atoms with Crippen molar-refractivity contribution in [3.8, 4) is 0 Å². The predicted octanol–water partition coefficient (Wildman–Crippen LogP) is 1.83. The van der Waals surface area contributed by atoms with E-state index in [2.05, 4.69) is 5.10 Å². The molecule has 0 amide bonds. The molecule has 3 rings (SSSR count). The molecule has 25 heavy (non-hydrogen) atoms. The number of carbonyl (C=O) groups excluding carboxylic acids is 2. The van der Waals surface area contributed by atoms with Gasteiger partial charge in [0.25, 0.3) is 11.1 Å². The van der Waals surface area contributed by atoms with Gasteiger partial charge in [-0.3, -0.25) is 24.3 Å². The van der Waals surface area contributed by atoms with E-state index in [1.165, 1.54) is 18.2 Å². The number of esters is 1. The Bertz CT molecular complexity index is 1080. The number of carbonyl (C=O) groups is 2. The van der Waals surface area contributed by atoms with Crippen LogP contribution in [0.2, 0.25) is 4.34 Å². The van der Waals surface area contributed by atoms with Crippen molar-refractivity contribution in [1.29, 1.82) is 0 Å². The molecule has 0 saturated heterocycles. The number of nitrogens with zero attached hydrogens (tertiary/aromatic N) is 1. The van der Waals surface area contributed by atoms with Gasteiger partial charge < -0.3 is 4.74 Å². The van der Waals surface area contributed by atoms with E-state index in [0.717, 1.165) is 16.0 Å². The largest absolute Gasteiger partial charge is 0.456 e. The Labute approximate surface area is 149 Å². The number of halogens is 1. The minimum atomic E-state index is -0.816. The minimum Gasteiger partial charge on any atom is -0.456 e. The lowest BCUT2D eigenvalue weighted by Crippen LogP contribution is -2.33. The van der Waals surface area contributed by atoms with Crippen molar-refractivity contribution in [2.45, 2.75) is 6.54 Å². The zero-order chi connectivity index (χ0) is 18.0.